The lowest BCUT2D eigenvalue weighted by Crippen LogP contribution is -2.37. The average molecular weight is 331 g/mol. The van der Waals surface area contributed by atoms with Crippen molar-refractivity contribution < 1.29 is 9.47 Å². The van der Waals surface area contributed by atoms with Gasteiger partial charge in [0.15, 0.2) is 5.96 Å². The summed E-state index contributed by atoms with van der Waals surface area (Å²) in [5.74, 6) is 2.30. The monoisotopic (exact) mass is 331 g/mol. The second-order valence-corrected chi connectivity index (χ2v) is 5.30. The zero-order valence-corrected chi connectivity index (χ0v) is 14.7. The summed E-state index contributed by atoms with van der Waals surface area (Å²) in [5, 5.41) is 10.7. The number of rotatable bonds is 7. The molecule has 0 spiro atoms. The van der Waals surface area contributed by atoms with E-state index in [0.717, 1.165) is 36.0 Å². The minimum Gasteiger partial charge on any atom is -0.497 e. The van der Waals surface area contributed by atoms with E-state index in [1.807, 2.05) is 37.6 Å². The summed E-state index contributed by atoms with van der Waals surface area (Å²) < 4.78 is 12.4. The molecule has 2 N–H and O–H groups in total. The maximum absolute atomic E-state index is 5.41. The first-order chi connectivity index (χ1) is 11.7. The van der Waals surface area contributed by atoms with Crippen LogP contribution in [0.3, 0.4) is 0 Å². The molecule has 1 heterocycles. The van der Waals surface area contributed by atoms with Gasteiger partial charge < -0.3 is 20.1 Å². The Morgan fingerprint density at radius 3 is 2.71 bits per heavy atom. The van der Waals surface area contributed by atoms with Crippen LogP contribution in [-0.2, 0) is 20.0 Å². The molecule has 0 atom stereocenters. The highest BCUT2D eigenvalue weighted by molar-refractivity contribution is 5.79. The molecule has 2 rings (SSSR count). The first-order valence-corrected chi connectivity index (χ1v) is 7.79. The SMILES string of the molecule is CN=C(NCCc1cnn(C)c1)NCc1ccc(OC)cc1OC. The number of ether oxygens (including phenoxy) is 2. The number of nitrogens with one attached hydrogen (secondary N) is 2. The fourth-order valence-corrected chi connectivity index (χ4v) is 2.32. The molecule has 0 saturated heterocycles. The Kier molecular flexibility index (Phi) is 6.48. The van der Waals surface area contributed by atoms with Crippen molar-refractivity contribution in [2.45, 2.75) is 13.0 Å². The van der Waals surface area contributed by atoms with E-state index in [-0.39, 0.29) is 0 Å². The molecule has 0 aliphatic heterocycles. The van der Waals surface area contributed by atoms with Crippen molar-refractivity contribution in [1.82, 2.24) is 20.4 Å². The molecular formula is C17H25N5O2. The van der Waals surface area contributed by atoms with Crippen LogP contribution in [0.5, 0.6) is 11.5 Å². The van der Waals surface area contributed by atoms with Gasteiger partial charge >= 0.3 is 0 Å². The van der Waals surface area contributed by atoms with E-state index in [4.69, 9.17) is 9.47 Å². The molecule has 24 heavy (non-hydrogen) atoms. The van der Waals surface area contributed by atoms with Crippen LogP contribution in [-0.4, -0.2) is 43.6 Å². The van der Waals surface area contributed by atoms with Gasteiger partial charge in [-0.1, -0.05) is 0 Å². The predicted molar refractivity (Wildman–Crippen MR) is 94.7 cm³/mol. The third kappa shape index (κ3) is 4.91. The maximum Gasteiger partial charge on any atom is 0.191 e. The van der Waals surface area contributed by atoms with Gasteiger partial charge in [0.05, 0.1) is 20.4 Å². The van der Waals surface area contributed by atoms with Crippen LogP contribution >= 0.6 is 0 Å². The van der Waals surface area contributed by atoms with Crippen LogP contribution in [0.1, 0.15) is 11.1 Å². The molecule has 0 radical (unpaired) electrons. The Morgan fingerprint density at radius 1 is 1.25 bits per heavy atom. The van der Waals surface area contributed by atoms with Crippen LogP contribution in [0.4, 0.5) is 0 Å². The Labute approximate surface area is 142 Å². The highest BCUT2D eigenvalue weighted by Crippen LogP contribution is 2.24. The Balaban J connectivity index is 1.85. The highest BCUT2D eigenvalue weighted by Gasteiger charge is 2.06. The van der Waals surface area contributed by atoms with Crippen molar-refractivity contribution in [3.63, 3.8) is 0 Å². The molecule has 0 unspecified atom stereocenters. The number of hydrogen-bond acceptors (Lipinski definition) is 4. The van der Waals surface area contributed by atoms with Crippen molar-refractivity contribution in [3.8, 4) is 11.5 Å². The van der Waals surface area contributed by atoms with Gasteiger partial charge in [-0.2, -0.15) is 5.10 Å². The summed E-state index contributed by atoms with van der Waals surface area (Å²) in [6.07, 6.45) is 4.78. The lowest BCUT2D eigenvalue weighted by Gasteiger charge is -2.14. The topological polar surface area (TPSA) is 72.7 Å². The summed E-state index contributed by atoms with van der Waals surface area (Å²) in [6, 6.07) is 5.77. The quantitative estimate of drug-likeness (QED) is 0.592. The van der Waals surface area contributed by atoms with E-state index in [9.17, 15) is 0 Å². The van der Waals surface area contributed by atoms with Crippen molar-refractivity contribution in [1.29, 1.82) is 0 Å². The van der Waals surface area contributed by atoms with E-state index >= 15 is 0 Å². The summed E-state index contributed by atoms with van der Waals surface area (Å²) in [4.78, 5) is 4.24. The van der Waals surface area contributed by atoms with E-state index in [0.29, 0.717) is 6.54 Å². The number of methoxy groups -OCH3 is 2. The van der Waals surface area contributed by atoms with E-state index in [2.05, 4.69) is 20.7 Å². The molecule has 0 amide bonds. The molecule has 1 aromatic carbocycles. The van der Waals surface area contributed by atoms with Crippen molar-refractivity contribution in [2.24, 2.45) is 12.0 Å². The van der Waals surface area contributed by atoms with Crippen molar-refractivity contribution >= 4 is 5.96 Å². The summed E-state index contributed by atoms with van der Waals surface area (Å²) in [5.41, 5.74) is 2.23. The molecule has 7 heteroatoms. The maximum atomic E-state index is 5.41. The molecule has 0 aliphatic rings. The molecule has 130 valence electrons. The smallest absolute Gasteiger partial charge is 0.191 e. The van der Waals surface area contributed by atoms with Gasteiger partial charge in [-0.15, -0.1) is 0 Å². The number of guanidine groups is 1. The molecule has 0 fully saturated rings. The van der Waals surface area contributed by atoms with Crippen molar-refractivity contribution in [3.05, 3.63) is 41.7 Å². The molecule has 0 saturated carbocycles. The third-order valence-corrected chi connectivity index (χ3v) is 3.63. The second kappa shape index (κ2) is 8.81. The van der Waals surface area contributed by atoms with E-state index in [1.165, 1.54) is 5.56 Å². The third-order valence-electron chi connectivity index (χ3n) is 3.63. The predicted octanol–water partition coefficient (Wildman–Crippen LogP) is 1.34. The number of aromatic nitrogens is 2. The van der Waals surface area contributed by atoms with Gasteiger partial charge in [0.1, 0.15) is 11.5 Å². The number of aryl methyl sites for hydroxylation is 1. The van der Waals surface area contributed by atoms with Gasteiger partial charge in [0, 0.05) is 45.0 Å². The van der Waals surface area contributed by atoms with Crippen LogP contribution in [0.15, 0.2) is 35.6 Å². The van der Waals surface area contributed by atoms with Gasteiger partial charge in [-0.25, -0.2) is 0 Å². The number of aliphatic imine (C=N–C) groups is 1. The largest absolute Gasteiger partial charge is 0.497 e. The molecule has 0 aliphatic carbocycles. The molecule has 1 aromatic heterocycles. The molecule has 0 bridgehead atoms. The highest BCUT2D eigenvalue weighted by atomic mass is 16.5. The van der Waals surface area contributed by atoms with Crippen LogP contribution < -0.4 is 20.1 Å². The average Bonchev–Trinajstić information content (AvgIpc) is 3.03. The van der Waals surface area contributed by atoms with Crippen LogP contribution in [0.2, 0.25) is 0 Å². The lowest BCUT2D eigenvalue weighted by molar-refractivity contribution is 0.390. The zero-order chi connectivity index (χ0) is 17.4. The Morgan fingerprint density at radius 2 is 2.08 bits per heavy atom. The van der Waals surface area contributed by atoms with Gasteiger partial charge in [0.2, 0.25) is 0 Å². The number of nitrogens with zero attached hydrogens (tertiary/aromatic N) is 3. The lowest BCUT2D eigenvalue weighted by atomic mass is 10.2. The zero-order valence-electron chi connectivity index (χ0n) is 14.7. The summed E-state index contributed by atoms with van der Waals surface area (Å²) in [7, 11) is 6.96. The minimum atomic E-state index is 0.611. The van der Waals surface area contributed by atoms with Crippen LogP contribution in [0, 0.1) is 0 Å². The van der Waals surface area contributed by atoms with Crippen LogP contribution in [0.25, 0.3) is 0 Å². The number of benzene rings is 1. The summed E-state index contributed by atoms with van der Waals surface area (Å²) in [6.45, 7) is 1.39. The fourth-order valence-electron chi connectivity index (χ4n) is 2.32. The Bertz CT molecular complexity index is 681. The minimum absolute atomic E-state index is 0.611. The van der Waals surface area contributed by atoms with Gasteiger partial charge in [-0.05, 0) is 24.1 Å². The normalized spacial score (nSPS) is 11.2. The molecule has 7 nitrogen and oxygen atoms in total. The summed E-state index contributed by atoms with van der Waals surface area (Å²) >= 11 is 0. The first kappa shape index (κ1) is 17.7. The van der Waals surface area contributed by atoms with Crippen molar-refractivity contribution in [2.75, 3.05) is 27.8 Å². The van der Waals surface area contributed by atoms with E-state index in [1.54, 1.807) is 25.9 Å². The fraction of sp³-hybridized carbons (Fsp3) is 0.412. The molecular weight excluding hydrogens is 306 g/mol. The number of hydrogen-bond donors (Lipinski definition) is 2. The Hall–Kier alpha value is -2.70. The molecule has 2 aromatic rings. The van der Waals surface area contributed by atoms with Gasteiger partial charge in [0.25, 0.3) is 0 Å². The first-order valence-electron chi connectivity index (χ1n) is 7.79. The second-order valence-electron chi connectivity index (χ2n) is 5.30. The van der Waals surface area contributed by atoms with E-state index < -0.39 is 0 Å². The van der Waals surface area contributed by atoms with Gasteiger partial charge in [-0.3, -0.25) is 9.67 Å². The standard InChI is InChI=1S/C17H25N5O2/c1-18-17(19-8-7-13-10-21-22(2)12-13)20-11-14-5-6-15(23-3)9-16(14)24-4/h5-6,9-10,12H,7-8,11H2,1-4H3,(H2,18,19,20).